The quantitative estimate of drug-likeness (QED) is 0.462. The van der Waals surface area contributed by atoms with E-state index in [2.05, 4.69) is 45.2 Å². The van der Waals surface area contributed by atoms with Crippen molar-refractivity contribution in [3.05, 3.63) is 48.1 Å². The van der Waals surface area contributed by atoms with Crippen LogP contribution in [0.4, 0.5) is 0 Å². The fourth-order valence-electron chi connectivity index (χ4n) is 3.19. The molecule has 5 nitrogen and oxygen atoms in total. The molecule has 0 radical (unpaired) electrons. The van der Waals surface area contributed by atoms with Gasteiger partial charge >= 0.3 is 5.97 Å². The minimum Gasteiger partial charge on any atom is -0.508 e. The average molecular weight is 579 g/mol. The monoisotopic (exact) mass is 579 g/mol. The van der Waals surface area contributed by atoms with E-state index in [1.165, 1.54) is 0 Å². The van der Waals surface area contributed by atoms with E-state index in [9.17, 15) is 9.90 Å². The van der Waals surface area contributed by atoms with Crippen LogP contribution < -0.4 is 10.5 Å². The third kappa shape index (κ3) is 4.25. The van der Waals surface area contributed by atoms with Crippen LogP contribution in [0, 0.1) is 7.14 Å². The van der Waals surface area contributed by atoms with Gasteiger partial charge in [0, 0.05) is 11.1 Å². The highest BCUT2D eigenvalue weighted by Crippen LogP contribution is 2.40. The van der Waals surface area contributed by atoms with E-state index in [0.717, 1.165) is 61.0 Å². The third-order valence-electron chi connectivity index (χ3n) is 4.51. The van der Waals surface area contributed by atoms with Crippen molar-refractivity contribution in [2.24, 2.45) is 5.73 Å². The van der Waals surface area contributed by atoms with E-state index in [-0.39, 0.29) is 6.42 Å². The summed E-state index contributed by atoms with van der Waals surface area (Å²) in [6, 6.07) is 6.42. The third-order valence-corrected chi connectivity index (χ3v) is 6.11. The molecule has 3 rings (SSSR count). The van der Waals surface area contributed by atoms with Gasteiger partial charge in [-0.05, 0) is 107 Å². The van der Waals surface area contributed by atoms with E-state index < -0.39 is 12.0 Å². The number of aliphatic carboxylic acids is 1. The first-order chi connectivity index (χ1) is 12.4. The number of aromatic hydroxyl groups is 1. The fourth-order valence-corrected chi connectivity index (χ4v) is 5.31. The Labute approximate surface area is 179 Å². The molecule has 1 aliphatic carbocycles. The summed E-state index contributed by atoms with van der Waals surface area (Å²) in [5.41, 5.74) is 8.58. The lowest BCUT2D eigenvalue weighted by molar-refractivity contribution is -0.138. The number of carboxylic acids is 1. The summed E-state index contributed by atoms with van der Waals surface area (Å²) in [5, 5.41) is 19.1. The van der Waals surface area contributed by atoms with E-state index >= 15 is 0 Å². The predicted molar refractivity (Wildman–Crippen MR) is 116 cm³/mol. The second kappa shape index (κ2) is 8.30. The Balaban J connectivity index is 1.90. The maximum absolute atomic E-state index is 11.0. The normalized spacial score (nSPS) is 14.6. The summed E-state index contributed by atoms with van der Waals surface area (Å²) >= 11 is 4.40. The Morgan fingerprint density at radius 2 is 1.77 bits per heavy atom. The largest absolute Gasteiger partial charge is 0.508 e. The molecule has 0 bridgehead atoms. The number of hydrogen-bond acceptors (Lipinski definition) is 4. The highest BCUT2D eigenvalue weighted by Gasteiger charge is 2.20. The average Bonchev–Trinajstić information content (AvgIpc) is 2.60. The first-order valence-corrected chi connectivity index (χ1v) is 10.5. The second-order valence-corrected chi connectivity index (χ2v) is 8.71. The second-order valence-electron chi connectivity index (χ2n) is 6.39. The van der Waals surface area contributed by atoms with Crippen molar-refractivity contribution in [2.45, 2.75) is 38.1 Å². The van der Waals surface area contributed by atoms with Crippen LogP contribution in [0.1, 0.15) is 29.5 Å². The van der Waals surface area contributed by atoms with Gasteiger partial charge in [-0.1, -0.05) is 0 Å². The van der Waals surface area contributed by atoms with Gasteiger partial charge in [-0.2, -0.15) is 0 Å². The number of benzene rings is 2. The first-order valence-electron chi connectivity index (χ1n) is 8.34. The van der Waals surface area contributed by atoms with Gasteiger partial charge in [-0.25, -0.2) is 0 Å². The highest BCUT2D eigenvalue weighted by atomic mass is 127. The number of nitrogens with two attached hydrogens (primary N) is 1. The Morgan fingerprint density at radius 1 is 1.15 bits per heavy atom. The number of fused-ring (bicyclic) bond motifs is 1. The Kier molecular flexibility index (Phi) is 6.29. The molecule has 4 N–H and O–H groups in total. The van der Waals surface area contributed by atoms with Crippen LogP contribution in [0.15, 0.2) is 24.3 Å². The molecule has 0 aliphatic heterocycles. The number of phenols is 1. The standard InChI is InChI=1S/C19H19I2NO4/c20-13-7-10(9-15(22)19(24)25)8-14(21)18(13)26-17-6-5-16(23)11-3-1-2-4-12(11)17/h5-8,15,23H,1-4,9,22H2,(H,24,25). The van der Waals surface area contributed by atoms with Crippen molar-refractivity contribution in [2.75, 3.05) is 0 Å². The molecule has 2 aromatic carbocycles. The van der Waals surface area contributed by atoms with Crippen molar-refractivity contribution in [1.82, 2.24) is 0 Å². The van der Waals surface area contributed by atoms with E-state index in [1.807, 2.05) is 18.2 Å². The zero-order valence-electron chi connectivity index (χ0n) is 14.0. The first kappa shape index (κ1) is 19.7. The fraction of sp³-hybridized carbons (Fsp3) is 0.316. The SMILES string of the molecule is NC(Cc1cc(I)c(Oc2ccc(O)c3c2CCCC3)c(I)c1)C(=O)O. The van der Waals surface area contributed by atoms with Crippen LogP contribution in [0.3, 0.4) is 0 Å². The van der Waals surface area contributed by atoms with Crippen molar-refractivity contribution in [3.63, 3.8) is 0 Å². The van der Waals surface area contributed by atoms with Gasteiger partial charge in [-0.15, -0.1) is 0 Å². The molecule has 0 fully saturated rings. The molecule has 0 saturated carbocycles. The van der Waals surface area contributed by atoms with Crippen LogP contribution in [0.2, 0.25) is 0 Å². The number of phenolic OH excluding ortho intramolecular Hbond substituents is 1. The summed E-state index contributed by atoms with van der Waals surface area (Å²) in [6.07, 6.45) is 4.22. The summed E-state index contributed by atoms with van der Waals surface area (Å²) in [7, 11) is 0. The maximum atomic E-state index is 11.0. The van der Waals surface area contributed by atoms with Gasteiger partial charge in [0.05, 0.1) is 7.14 Å². The molecular weight excluding hydrogens is 560 g/mol. The minimum absolute atomic E-state index is 0.274. The van der Waals surface area contributed by atoms with Crippen LogP contribution >= 0.6 is 45.2 Å². The molecule has 0 aromatic heterocycles. The summed E-state index contributed by atoms with van der Waals surface area (Å²) < 4.78 is 8.03. The number of carbonyl (C=O) groups is 1. The van der Waals surface area contributed by atoms with Gasteiger partial charge < -0.3 is 20.7 Å². The van der Waals surface area contributed by atoms with E-state index in [1.54, 1.807) is 6.07 Å². The number of ether oxygens (including phenoxy) is 1. The molecule has 7 heteroatoms. The lowest BCUT2D eigenvalue weighted by Gasteiger charge is -2.21. The zero-order chi connectivity index (χ0) is 18.8. The Morgan fingerprint density at radius 3 is 2.38 bits per heavy atom. The molecule has 1 aliphatic rings. The molecule has 1 atom stereocenters. The topological polar surface area (TPSA) is 92.8 Å². The molecule has 1 unspecified atom stereocenters. The van der Waals surface area contributed by atoms with Crippen molar-refractivity contribution < 1.29 is 19.7 Å². The minimum atomic E-state index is -1.01. The van der Waals surface area contributed by atoms with Gasteiger partial charge in [0.1, 0.15) is 17.5 Å². The maximum Gasteiger partial charge on any atom is 0.320 e. The van der Waals surface area contributed by atoms with E-state index in [0.29, 0.717) is 5.75 Å². The van der Waals surface area contributed by atoms with Crippen LogP contribution in [0.25, 0.3) is 0 Å². The lowest BCUT2D eigenvalue weighted by Crippen LogP contribution is -2.32. The number of halogens is 2. The van der Waals surface area contributed by atoms with Crippen molar-refractivity contribution >= 4 is 51.2 Å². The lowest BCUT2D eigenvalue weighted by atomic mass is 9.90. The smallest absolute Gasteiger partial charge is 0.320 e. The van der Waals surface area contributed by atoms with Gasteiger partial charge in [0.25, 0.3) is 0 Å². The van der Waals surface area contributed by atoms with E-state index in [4.69, 9.17) is 15.6 Å². The van der Waals surface area contributed by atoms with Gasteiger partial charge in [0.15, 0.2) is 5.75 Å². The molecule has 0 heterocycles. The van der Waals surface area contributed by atoms with Crippen molar-refractivity contribution in [3.8, 4) is 17.2 Å². The Bertz CT molecular complexity index is 831. The van der Waals surface area contributed by atoms with Crippen LogP contribution in [-0.2, 0) is 24.1 Å². The molecule has 26 heavy (non-hydrogen) atoms. The summed E-state index contributed by atoms with van der Waals surface area (Å²) in [5.74, 6) is 0.862. The molecule has 0 saturated heterocycles. The molecule has 0 amide bonds. The van der Waals surface area contributed by atoms with Crippen LogP contribution in [0.5, 0.6) is 17.2 Å². The Hall–Kier alpha value is -1.07. The molecule has 0 spiro atoms. The summed E-state index contributed by atoms with van der Waals surface area (Å²) in [4.78, 5) is 11.0. The highest BCUT2D eigenvalue weighted by molar-refractivity contribution is 14.1. The van der Waals surface area contributed by atoms with Gasteiger partial charge in [0.2, 0.25) is 0 Å². The molecule has 138 valence electrons. The number of carboxylic acid groups (broad SMARTS) is 1. The zero-order valence-corrected chi connectivity index (χ0v) is 18.3. The summed E-state index contributed by atoms with van der Waals surface area (Å²) in [6.45, 7) is 0. The number of rotatable bonds is 5. The van der Waals surface area contributed by atoms with Gasteiger partial charge in [-0.3, -0.25) is 4.79 Å². The van der Waals surface area contributed by atoms with Crippen molar-refractivity contribution in [1.29, 1.82) is 0 Å². The predicted octanol–water partition coefficient (Wildman–Crippen LogP) is 4.23. The van der Waals surface area contributed by atoms with Crippen LogP contribution in [-0.4, -0.2) is 22.2 Å². The molecule has 2 aromatic rings. The molecular formula is C19H19I2NO4. The number of hydrogen-bond donors (Lipinski definition) is 3.